The van der Waals surface area contributed by atoms with E-state index < -0.39 is 20.4 Å². The average molecular weight is 210 g/mol. The Balaban J connectivity index is 5.08. The Morgan fingerprint density at radius 1 is 1.18 bits per heavy atom. The third-order valence-corrected chi connectivity index (χ3v) is 4.44. The van der Waals surface area contributed by atoms with Gasteiger partial charge in [-0.05, 0) is 0 Å². The molecule has 0 bridgehead atoms. The van der Waals surface area contributed by atoms with Crippen molar-refractivity contribution in [3.8, 4) is 0 Å². The predicted molar refractivity (Wildman–Crippen MR) is 32.7 cm³/mol. The smallest absolute Gasteiger partial charge is 0.340 e. The third kappa shape index (κ3) is 2.07. The maximum Gasteiger partial charge on any atom is 0.417 e. The zero-order chi connectivity index (χ0) is 9.50. The molecule has 3 N–H and O–H groups in total. The van der Waals surface area contributed by atoms with E-state index in [-0.39, 0.29) is 6.66 Å². The summed E-state index contributed by atoms with van der Waals surface area (Å²) in [5, 5.41) is -4.85. The van der Waals surface area contributed by atoms with E-state index in [0.29, 0.717) is 0 Å². The van der Waals surface area contributed by atoms with Crippen molar-refractivity contribution in [3.05, 3.63) is 0 Å². The van der Waals surface area contributed by atoms with Crippen LogP contribution >= 0.6 is 15.0 Å². The molecule has 1 atom stereocenters. The van der Waals surface area contributed by atoms with E-state index in [1.165, 1.54) is 0 Å². The van der Waals surface area contributed by atoms with E-state index in [1.54, 1.807) is 0 Å². The summed E-state index contributed by atoms with van der Waals surface area (Å²) in [6, 6.07) is 0. The van der Waals surface area contributed by atoms with Crippen LogP contribution in [-0.2, 0) is 9.13 Å². The van der Waals surface area contributed by atoms with Crippen LogP contribution in [0, 0.1) is 0 Å². The Morgan fingerprint density at radius 3 is 1.45 bits per heavy atom. The SMILES string of the molecule is CP(=O)(O)C(F)(F)P(=O)(O)O. The van der Waals surface area contributed by atoms with E-state index >= 15 is 0 Å². The number of halogens is 2. The monoisotopic (exact) mass is 210 g/mol. The molecule has 5 nitrogen and oxygen atoms in total. The topological polar surface area (TPSA) is 94.8 Å². The summed E-state index contributed by atoms with van der Waals surface area (Å²) >= 11 is 0. The first-order valence-corrected chi connectivity index (χ1v) is 5.96. The Kier molecular flexibility index (Phi) is 2.65. The molecule has 0 saturated heterocycles. The van der Waals surface area contributed by atoms with Crippen LogP contribution in [0.15, 0.2) is 0 Å². The molecule has 1 unspecified atom stereocenters. The lowest BCUT2D eigenvalue weighted by molar-refractivity contribution is 0.125. The molecule has 0 aliphatic heterocycles. The number of hydrogen-bond acceptors (Lipinski definition) is 2. The molecule has 0 aromatic carbocycles. The first-order chi connectivity index (χ1) is 4.50. The minimum absolute atomic E-state index is 0.187. The lowest BCUT2D eigenvalue weighted by Crippen LogP contribution is -2.15. The molecule has 0 amide bonds. The summed E-state index contributed by atoms with van der Waals surface area (Å²) in [6.45, 7) is 0.187. The lowest BCUT2D eigenvalue weighted by Gasteiger charge is -2.19. The second-order valence-electron chi connectivity index (χ2n) is 1.93. The summed E-state index contributed by atoms with van der Waals surface area (Å²) in [5.74, 6) is 0. The fraction of sp³-hybridized carbons (Fsp3) is 1.00. The molecule has 0 radical (unpaired) electrons. The highest BCUT2D eigenvalue weighted by atomic mass is 31.2. The summed E-state index contributed by atoms with van der Waals surface area (Å²) in [5.41, 5.74) is 0. The molecule has 9 heteroatoms. The highest BCUT2D eigenvalue weighted by Gasteiger charge is 2.60. The first-order valence-electron chi connectivity index (χ1n) is 2.24. The number of alkyl halides is 2. The van der Waals surface area contributed by atoms with Gasteiger partial charge in [-0.1, -0.05) is 0 Å². The minimum atomic E-state index is -5.84. The molecule has 0 aliphatic carbocycles. The van der Waals surface area contributed by atoms with Crippen molar-refractivity contribution in [2.75, 3.05) is 6.66 Å². The quantitative estimate of drug-likeness (QED) is 0.580. The van der Waals surface area contributed by atoms with E-state index in [9.17, 15) is 17.9 Å². The first kappa shape index (κ1) is 11.2. The zero-order valence-electron chi connectivity index (χ0n) is 5.31. The summed E-state index contributed by atoms with van der Waals surface area (Å²) in [6.07, 6.45) is 0. The van der Waals surface area contributed by atoms with Gasteiger partial charge in [0.15, 0.2) is 0 Å². The lowest BCUT2D eigenvalue weighted by atomic mass is 11.6. The second-order valence-corrected chi connectivity index (χ2v) is 6.26. The van der Waals surface area contributed by atoms with Gasteiger partial charge in [0.25, 0.3) is 7.37 Å². The van der Waals surface area contributed by atoms with Crippen LogP contribution in [0.25, 0.3) is 0 Å². The van der Waals surface area contributed by atoms with Gasteiger partial charge in [-0.3, -0.25) is 9.13 Å². The highest BCUT2D eigenvalue weighted by Crippen LogP contribution is 2.70. The fourth-order valence-corrected chi connectivity index (χ4v) is 2.18. The van der Waals surface area contributed by atoms with Gasteiger partial charge in [0.2, 0.25) is 0 Å². The molecule has 68 valence electrons. The summed E-state index contributed by atoms with van der Waals surface area (Å²) in [7, 11) is -10.9. The summed E-state index contributed by atoms with van der Waals surface area (Å²) < 4.78 is 44.4. The standard InChI is InChI=1S/C2H6F2O5P2/c1-10(5,6)2(3,4)11(7,8)9/h1H3,(H,5,6)(H2,7,8,9). The molecule has 0 fully saturated rings. The Morgan fingerprint density at radius 2 is 1.45 bits per heavy atom. The van der Waals surface area contributed by atoms with Gasteiger partial charge in [0, 0.05) is 6.66 Å². The Hall–Kier alpha value is 0.200. The van der Waals surface area contributed by atoms with Crippen LogP contribution in [0.2, 0.25) is 0 Å². The Bertz CT molecular complexity index is 213. The molecule has 0 saturated carbocycles. The van der Waals surface area contributed by atoms with Crippen LogP contribution < -0.4 is 0 Å². The number of rotatable bonds is 2. The van der Waals surface area contributed by atoms with E-state index in [4.69, 9.17) is 14.7 Å². The van der Waals surface area contributed by atoms with Crippen molar-refractivity contribution in [3.63, 3.8) is 0 Å². The van der Waals surface area contributed by atoms with Crippen molar-refractivity contribution >= 4 is 15.0 Å². The maximum atomic E-state index is 12.2. The number of hydrogen-bond donors (Lipinski definition) is 3. The molecular weight excluding hydrogens is 204 g/mol. The largest absolute Gasteiger partial charge is 0.417 e. The van der Waals surface area contributed by atoms with Gasteiger partial charge in [-0.2, -0.15) is 8.78 Å². The molecular formula is C2H6F2O5P2. The maximum absolute atomic E-state index is 12.2. The highest BCUT2D eigenvalue weighted by molar-refractivity contribution is 7.74. The van der Waals surface area contributed by atoms with Crippen molar-refractivity contribution in [1.82, 2.24) is 0 Å². The second kappa shape index (κ2) is 2.61. The molecule has 0 spiro atoms. The van der Waals surface area contributed by atoms with Crippen LogP contribution in [-0.4, -0.2) is 26.7 Å². The van der Waals surface area contributed by atoms with Gasteiger partial charge in [0.05, 0.1) is 0 Å². The van der Waals surface area contributed by atoms with Gasteiger partial charge < -0.3 is 14.7 Å². The van der Waals surface area contributed by atoms with E-state index in [2.05, 4.69) is 0 Å². The Labute approximate surface area is 60.7 Å². The molecule has 0 rings (SSSR count). The normalized spacial score (nSPS) is 19.5. The van der Waals surface area contributed by atoms with E-state index in [1.807, 2.05) is 0 Å². The van der Waals surface area contributed by atoms with Crippen molar-refractivity contribution in [2.24, 2.45) is 0 Å². The van der Waals surface area contributed by atoms with Crippen LogP contribution in [0.4, 0.5) is 8.78 Å². The van der Waals surface area contributed by atoms with Gasteiger partial charge in [-0.25, -0.2) is 0 Å². The average Bonchev–Trinajstić information content (AvgIpc) is 1.58. The molecule has 0 aliphatic rings. The van der Waals surface area contributed by atoms with Crippen molar-refractivity contribution < 1.29 is 32.6 Å². The zero-order valence-corrected chi connectivity index (χ0v) is 7.10. The summed E-state index contributed by atoms with van der Waals surface area (Å²) in [4.78, 5) is 24.0. The van der Waals surface area contributed by atoms with Crippen molar-refractivity contribution in [2.45, 2.75) is 5.40 Å². The third-order valence-electron chi connectivity index (χ3n) is 0.850. The molecule has 0 heterocycles. The molecule has 0 aromatic rings. The van der Waals surface area contributed by atoms with Crippen LogP contribution in [0.3, 0.4) is 0 Å². The van der Waals surface area contributed by atoms with Crippen molar-refractivity contribution in [1.29, 1.82) is 0 Å². The van der Waals surface area contributed by atoms with E-state index in [0.717, 1.165) is 0 Å². The minimum Gasteiger partial charge on any atom is -0.340 e. The van der Waals surface area contributed by atoms with Gasteiger partial charge in [-0.15, -0.1) is 0 Å². The van der Waals surface area contributed by atoms with Gasteiger partial charge >= 0.3 is 13.0 Å². The molecule has 0 aromatic heterocycles. The fourth-order valence-electron chi connectivity index (χ4n) is 0.242. The predicted octanol–water partition coefficient (Wildman–Crippen LogP) is 0.615. The van der Waals surface area contributed by atoms with Crippen LogP contribution in [0.1, 0.15) is 0 Å². The van der Waals surface area contributed by atoms with Gasteiger partial charge in [0.1, 0.15) is 0 Å². The molecule has 11 heavy (non-hydrogen) atoms. The van der Waals surface area contributed by atoms with Crippen LogP contribution in [0.5, 0.6) is 0 Å².